The summed E-state index contributed by atoms with van der Waals surface area (Å²) in [7, 11) is 0. The Labute approximate surface area is 153 Å². The number of pyridine rings is 1. The van der Waals surface area contributed by atoms with E-state index in [0.717, 1.165) is 36.8 Å². The SMILES string of the molecule is O=C(Nc1cncnc1O)c1ccc(C(F)(F)F)c(-c2c(F)cccc2F)n1. The van der Waals surface area contributed by atoms with Crippen molar-refractivity contribution in [3.63, 3.8) is 0 Å². The molecule has 0 atom stereocenters. The third-order valence-electron chi connectivity index (χ3n) is 3.57. The van der Waals surface area contributed by atoms with Crippen LogP contribution in [0.2, 0.25) is 0 Å². The van der Waals surface area contributed by atoms with E-state index in [1.165, 1.54) is 0 Å². The summed E-state index contributed by atoms with van der Waals surface area (Å²) in [5, 5.41) is 11.7. The standard InChI is InChI=1S/C17H9F5N4O2/c18-9-2-1-3-10(19)13(9)14-8(17(20,21)22)4-5-11(25-14)16(28)26-12-6-23-7-24-15(12)27/h1-7H,(H,26,28)(H,23,24,27). The number of nitrogens with one attached hydrogen (secondary N) is 1. The molecule has 2 aromatic heterocycles. The van der Waals surface area contributed by atoms with Gasteiger partial charge in [-0.2, -0.15) is 13.2 Å². The maximum atomic E-state index is 14.0. The highest BCUT2D eigenvalue weighted by atomic mass is 19.4. The fraction of sp³-hybridized carbons (Fsp3) is 0.0588. The summed E-state index contributed by atoms with van der Waals surface area (Å²) in [4.78, 5) is 22.8. The highest BCUT2D eigenvalue weighted by molar-refractivity contribution is 6.03. The highest BCUT2D eigenvalue weighted by Gasteiger charge is 2.36. The molecule has 0 spiro atoms. The number of aromatic hydroxyl groups is 1. The fourth-order valence-electron chi connectivity index (χ4n) is 2.33. The van der Waals surface area contributed by atoms with Crippen LogP contribution in [0.4, 0.5) is 27.6 Å². The van der Waals surface area contributed by atoms with Crippen molar-refractivity contribution in [3.8, 4) is 17.1 Å². The lowest BCUT2D eigenvalue weighted by molar-refractivity contribution is -0.137. The summed E-state index contributed by atoms with van der Waals surface area (Å²) in [5.41, 5.74) is -4.32. The third-order valence-corrected chi connectivity index (χ3v) is 3.57. The smallest absolute Gasteiger partial charge is 0.418 e. The number of carbonyl (C=O) groups excluding carboxylic acids is 1. The van der Waals surface area contributed by atoms with Gasteiger partial charge in [0.15, 0.2) is 0 Å². The van der Waals surface area contributed by atoms with Gasteiger partial charge in [-0.3, -0.25) is 4.79 Å². The number of amides is 1. The van der Waals surface area contributed by atoms with Crippen LogP contribution in [0.1, 0.15) is 16.1 Å². The molecule has 0 aliphatic heterocycles. The minimum atomic E-state index is -4.97. The number of halogens is 5. The van der Waals surface area contributed by atoms with Crippen LogP contribution in [-0.4, -0.2) is 26.0 Å². The van der Waals surface area contributed by atoms with Gasteiger partial charge in [0.1, 0.15) is 29.3 Å². The van der Waals surface area contributed by atoms with Crippen molar-refractivity contribution in [2.24, 2.45) is 0 Å². The van der Waals surface area contributed by atoms with Crippen LogP contribution in [0.5, 0.6) is 5.88 Å². The monoisotopic (exact) mass is 396 g/mol. The van der Waals surface area contributed by atoms with Crippen LogP contribution in [0, 0.1) is 11.6 Å². The zero-order valence-electron chi connectivity index (χ0n) is 13.6. The molecule has 2 N–H and O–H groups in total. The van der Waals surface area contributed by atoms with Crippen molar-refractivity contribution in [1.82, 2.24) is 15.0 Å². The Balaban J connectivity index is 2.11. The second-order valence-electron chi connectivity index (χ2n) is 5.40. The first-order chi connectivity index (χ1) is 13.2. The minimum Gasteiger partial charge on any atom is -0.492 e. The average molecular weight is 396 g/mol. The minimum absolute atomic E-state index is 0.229. The Morgan fingerprint density at radius 1 is 1.07 bits per heavy atom. The lowest BCUT2D eigenvalue weighted by atomic mass is 10.0. The highest BCUT2D eigenvalue weighted by Crippen LogP contribution is 2.38. The quantitative estimate of drug-likeness (QED) is 0.658. The predicted molar refractivity (Wildman–Crippen MR) is 86.2 cm³/mol. The molecular formula is C17H9F5N4O2. The largest absolute Gasteiger partial charge is 0.492 e. The van der Waals surface area contributed by atoms with E-state index < -0.39 is 52.1 Å². The molecule has 0 fully saturated rings. The number of aromatic nitrogens is 3. The van der Waals surface area contributed by atoms with Crippen molar-refractivity contribution < 1.29 is 31.9 Å². The second kappa shape index (κ2) is 7.18. The van der Waals surface area contributed by atoms with E-state index in [4.69, 9.17) is 0 Å². The van der Waals surface area contributed by atoms with Crippen molar-refractivity contribution in [2.75, 3.05) is 5.32 Å². The summed E-state index contributed by atoms with van der Waals surface area (Å²) in [6.45, 7) is 0. The number of alkyl halides is 3. The molecule has 0 unspecified atom stereocenters. The molecule has 2 heterocycles. The number of benzene rings is 1. The Bertz CT molecular complexity index is 1040. The molecule has 28 heavy (non-hydrogen) atoms. The molecular weight excluding hydrogens is 387 g/mol. The molecule has 11 heteroatoms. The molecule has 1 aromatic carbocycles. The van der Waals surface area contributed by atoms with Gasteiger partial charge in [0.05, 0.1) is 23.0 Å². The lowest BCUT2D eigenvalue weighted by Gasteiger charge is -2.14. The van der Waals surface area contributed by atoms with E-state index in [2.05, 4.69) is 20.3 Å². The summed E-state index contributed by atoms with van der Waals surface area (Å²) >= 11 is 0. The van der Waals surface area contributed by atoms with E-state index >= 15 is 0 Å². The van der Waals surface area contributed by atoms with Gasteiger partial charge < -0.3 is 10.4 Å². The van der Waals surface area contributed by atoms with Crippen molar-refractivity contribution in [1.29, 1.82) is 0 Å². The summed E-state index contributed by atoms with van der Waals surface area (Å²) in [6, 6.07) is 3.75. The van der Waals surface area contributed by atoms with Gasteiger partial charge in [-0.1, -0.05) is 6.07 Å². The molecule has 0 aliphatic carbocycles. The number of anilines is 1. The third kappa shape index (κ3) is 3.72. The molecule has 0 saturated heterocycles. The molecule has 0 bridgehead atoms. The molecule has 144 valence electrons. The fourth-order valence-corrected chi connectivity index (χ4v) is 2.33. The van der Waals surface area contributed by atoms with Crippen LogP contribution >= 0.6 is 0 Å². The van der Waals surface area contributed by atoms with E-state index in [-0.39, 0.29) is 5.69 Å². The molecule has 3 rings (SSSR count). The van der Waals surface area contributed by atoms with Crippen molar-refractivity contribution >= 4 is 11.6 Å². The number of rotatable bonds is 3. The van der Waals surface area contributed by atoms with E-state index in [1.807, 2.05) is 0 Å². The molecule has 3 aromatic rings. The first kappa shape index (κ1) is 19.1. The van der Waals surface area contributed by atoms with Gasteiger partial charge >= 0.3 is 6.18 Å². The number of hydrogen-bond donors (Lipinski definition) is 2. The predicted octanol–water partition coefficient (Wildman–Crippen LogP) is 3.79. The molecule has 6 nitrogen and oxygen atoms in total. The Morgan fingerprint density at radius 2 is 1.75 bits per heavy atom. The first-order valence-corrected chi connectivity index (χ1v) is 7.51. The van der Waals surface area contributed by atoms with Gasteiger partial charge in [0.2, 0.25) is 5.88 Å². The number of nitrogens with zero attached hydrogens (tertiary/aromatic N) is 3. The zero-order chi connectivity index (χ0) is 20.5. The van der Waals surface area contributed by atoms with Gasteiger partial charge in [-0.15, -0.1) is 0 Å². The summed E-state index contributed by atoms with van der Waals surface area (Å²) in [5.74, 6) is -4.18. The topological polar surface area (TPSA) is 88.0 Å². The molecule has 0 radical (unpaired) electrons. The van der Waals surface area contributed by atoms with E-state index in [1.54, 1.807) is 0 Å². The summed E-state index contributed by atoms with van der Waals surface area (Å²) in [6.07, 6.45) is -2.93. The van der Waals surface area contributed by atoms with Gasteiger partial charge in [0, 0.05) is 0 Å². The Hall–Kier alpha value is -3.63. The second-order valence-corrected chi connectivity index (χ2v) is 5.40. The van der Waals surface area contributed by atoms with Crippen LogP contribution in [0.3, 0.4) is 0 Å². The van der Waals surface area contributed by atoms with Gasteiger partial charge in [-0.05, 0) is 24.3 Å². The Kier molecular flexibility index (Phi) is 4.91. The lowest BCUT2D eigenvalue weighted by Crippen LogP contribution is -2.17. The molecule has 0 saturated carbocycles. The summed E-state index contributed by atoms with van der Waals surface area (Å²) < 4.78 is 68.0. The number of carbonyl (C=O) groups is 1. The van der Waals surface area contributed by atoms with Crippen LogP contribution in [0.25, 0.3) is 11.3 Å². The number of hydrogen-bond acceptors (Lipinski definition) is 5. The first-order valence-electron chi connectivity index (χ1n) is 7.51. The van der Waals surface area contributed by atoms with Crippen LogP contribution in [-0.2, 0) is 6.18 Å². The zero-order valence-corrected chi connectivity index (χ0v) is 13.6. The van der Waals surface area contributed by atoms with Gasteiger partial charge in [0.25, 0.3) is 5.91 Å². The molecule has 1 amide bonds. The maximum Gasteiger partial charge on any atom is 0.418 e. The van der Waals surface area contributed by atoms with Crippen LogP contribution < -0.4 is 5.32 Å². The van der Waals surface area contributed by atoms with Crippen LogP contribution in [0.15, 0.2) is 42.9 Å². The molecule has 0 aliphatic rings. The Morgan fingerprint density at radius 3 is 2.36 bits per heavy atom. The van der Waals surface area contributed by atoms with Gasteiger partial charge in [-0.25, -0.2) is 23.7 Å². The van der Waals surface area contributed by atoms with E-state index in [0.29, 0.717) is 6.07 Å². The van der Waals surface area contributed by atoms with E-state index in [9.17, 15) is 31.9 Å². The normalized spacial score (nSPS) is 11.3. The van der Waals surface area contributed by atoms with Crippen molar-refractivity contribution in [2.45, 2.75) is 6.18 Å². The van der Waals surface area contributed by atoms with Crippen molar-refractivity contribution in [3.05, 3.63) is 65.7 Å². The maximum absolute atomic E-state index is 14.0. The average Bonchev–Trinajstić information content (AvgIpc) is 2.62.